The van der Waals surface area contributed by atoms with Crippen LogP contribution in [0.5, 0.6) is 0 Å². The van der Waals surface area contributed by atoms with Crippen LogP contribution in [0.25, 0.3) is 10.2 Å². The van der Waals surface area contributed by atoms with E-state index in [1.54, 1.807) is 6.92 Å². The molecule has 0 bridgehead atoms. The minimum absolute atomic E-state index is 0.126. The van der Waals surface area contributed by atoms with Crippen LogP contribution in [0.1, 0.15) is 11.5 Å². The number of hydrogen-bond acceptors (Lipinski definition) is 5. The minimum atomic E-state index is -0.126. The van der Waals surface area contributed by atoms with Gasteiger partial charge in [0.25, 0.3) is 5.56 Å². The molecule has 0 spiro atoms. The van der Waals surface area contributed by atoms with E-state index in [9.17, 15) is 4.79 Å². The summed E-state index contributed by atoms with van der Waals surface area (Å²) >= 11 is 7.58. The van der Waals surface area contributed by atoms with Crippen molar-refractivity contribution in [2.24, 2.45) is 0 Å². The molecule has 96 valence electrons. The molecule has 0 fully saturated rings. The fourth-order valence-corrected chi connectivity index (χ4v) is 2.81. The molecule has 0 aliphatic carbocycles. The van der Waals surface area contributed by atoms with E-state index in [4.69, 9.17) is 11.6 Å². The third-order valence-electron chi connectivity index (χ3n) is 2.65. The molecule has 3 rings (SSSR count). The van der Waals surface area contributed by atoms with Crippen molar-refractivity contribution >= 4 is 33.2 Å². The van der Waals surface area contributed by atoms with E-state index in [-0.39, 0.29) is 12.1 Å². The van der Waals surface area contributed by atoms with Crippen LogP contribution in [-0.2, 0) is 6.54 Å². The smallest absolute Gasteiger partial charge is 0.253 e. The van der Waals surface area contributed by atoms with Crippen LogP contribution in [0, 0.1) is 6.92 Å². The van der Waals surface area contributed by atoms with Gasteiger partial charge >= 0.3 is 0 Å². The Morgan fingerprint density at radius 1 is 1.42 bits per heavy atom. The number of nitrogens with zero attached hydrogens (tertiary/aromatic N) is 4. The van der Waals surface area contributed by atoms with Crippen molar-refractivity contribution in [1.29, 1.82) is 0 Å². The van der Waals surface area contributed by atoms with Crippen LogP contribution in [0.3, 0.4) is 0 Å². The molecule has 0 saturated heterocycles. The number of thiophene rings is 1. The maximum atomic E-state index is 11.8. The van der Waals surface area contributed by atoms with Crippen molar-refractivity contribution in [3.8, 4) is 0 Å². The van der Waals surface area contributed by atoms with Crippen LogP contribution in [0.4, 0.5) is 0 Å². The number of rotatable bonds is 2. The standard InChI is InChI=1S/C12H9ClN4OS/c1-7-4-10(18)17(6-14-7)5-9-15-11(13)8-2-3-19-12(8)16-9/h2-4,6H,5H2,1H3. The zero-order valence-corrected chi connectivity index (χ0v) is 11.6. The number of aromatic nitrogens is 4. The first-order valence-corrected chi connectivity index (χ1v) is 6.82. The third kappa shape index (κ3) is 2.36. The summed E-state index contributed by atoms with van der Waals surface area (Å²) in [7, 11) is 0. The second-order valence-corrected chi connectivity index (χ2v) is 5.32. The second kappa shape index (κ2) is 4.71. The largest absolute Gasteiger partial charge is 0.292 e. The van der Waals surface area contributed by atoms with E-state index in [0.29, 0.717) is 16.7 Å². The van der Waals surface area contributed by atoms with E-state index >= 15 is 0 Å². The molecule has 19 heavy (non-hydrogen) atoms. The summed E-state index contributed by atoms with van der Waals surface area (Å²) in [5, 5.41) is 3.16. The van der Waals surface area contributed by atoms with Gasteiger partial charge < -0.3 is 0 Å². The topological polar surface area (TPSA) is 60.7 Å². The van der Waals surface area contributed by atoms with Crippen molar-refractivity contribution in [1.82, 2.24) is 19.5 Å². The maximum absolute atomic E-state index is 11.8. The average molecular weight is 293 g/mol. The van der Waals surface area contributed by atoms with Gasteiger partial charge in [0.05, 0.1) is 12.9 Å². The van der Waals surface area contributed by atoms with Gasteiger partial charge in [-0.05, 0) is 18.4 Å². The van der Waals surface area contributed by atoms with Crippen molar-refractivity contribution in [3.63, 3.8) is 0 Å². The SMILES string of the molecule is Cc1cc(=O)n(Cc2nc(Cl)c3ccsc3n2)cn1. The lowest BCUT2D eigenvalue weighted by Crippen LogP contribution is -2.21. The second-order valence-electron chi connectivity index (χ2n) is 4.07. The molecular weight excluding hydrogens is 284 g/mol. The lowest BCUT2D eigenvalue weighted by atomic mass is 10.4. The number of hydrogen-bond donors (Lipinski definition) is 0. The Bertz CT molecular complexity index is 811. The molecule has 0 aliphatic heterocycles. The Labute approximate surface area is 117 Å². The highest BCUT2D eigenvalue weighted by Gasteiger charge is 2.08. The highest BCUT2D eigenvalue weighted by molar-refractivity contribution is 7.16. The summed E-state index contributed by atoms with van der Waals surface area (Å²) in [5.41, 5.74) is 0.562. The molecule has 5 nitrogen and oxygen atoms in total. The zero-order chi connectivity index (χ0) is 13.4. The highest BCUT2D eigenvalue weighted by atomic mass is 35.5. The van der Waals surface area contributed by atoms with Crippen LogP contribution < -0.4 is 5.56 Å². The Hall–Kier alpha value is -1.79. The summed E-state index contributed by atoms with van der Waals surface area (Å²) in [4.78, 5) is 25.3. The molecule has 0 saturated carbocycles. The molecule has 0 atom stereocenters. The molecule has 0 amide bonds. The van der Waals surface area contributed by atoms with Gasteiger partial charge in [0.1, 0.15) is 9.98 Å². The van der Waals surface area contributed by atoms with Gasteiger partial charge in [-0.3, -0.25) is 9.36 Å². The van der Waals surface area contributed by atoms with Crippen molar-refractivity contribution in [2.45, 2.75) is 13.5 Å². The van der Waals surface area contributed by atoms with Crippen LogP contribution in [0.15, 0.2) is 28.6 Å². The number of halogens is 1. The molecule has 7 heteroatoms. The molecule has 0 aliphatic rings. The van der Waals surface area contributed by atoms with Gasteiger partial charge in [-0.15, -0.1) is 11.3 Å². The Kier molecular flexibility index (Phi) is 3.04. The molecular formula is C12H9ClN4OS. The van der Waals surface area contributed by atoms with Gasteiger partial charge in [-0.2, -0.15) is 0 Å². The lowest BCUT2D eigenvalue weighted by Gasteiger charge is -2.05. The normalized spacial score (nSPS) is 11.1. The molecule has 3 aromatic rings. The third-order valence-corrected chi connectivity index (χ3v) is 3.75. The predicted molar refractivity (Wildman–Crippen MR) is 74.8 cm³/mol. The zero-order valence-electron chi connectivity index (χ0n) is 10.00. The van der Waals surface area contributed by atoms with E-state index in [2.05, 4.69) is 15.0 Å². The Balaban J connectivity index is 2.03. The Morgan fingerprint density at radius 3 is 3.05 bits per heavy atom. The molecule has 0 N–H and O–H groups in total. The molecule has 0 radical (unpaired) electrons. The van der Waals surface area contributed by atoms with Crippen molar-refractivity contribution in [2.75, 3.05) is 0 Å². The van der Waals surface area contributed by atoms with Gasteiger partial charge in [-0.1, -0.05) is 11.6 Å². The van der Waals surface area contributed by atoms with Crippen LogP contribution >= 0.6 is 22.9 Å². The average Bonchev–Trinajstić information content (AvgIpc) is 2.81. The van der Waals surface area contributed by atoms with Crippen LogP contribution in [0.2, 0.25) is 5.15 Å². The number of fused-ring (bicyclic) bond motifs is 1. The van der Waals surface area contributed by atoms with Crippen molar-refractivity contribution in [3.05, 3.63) is 50.9 Å². The van der Waals surface area contributed by atoms with Gasteiger partial charge in [0, 0.05) is 17.1 Å². The van der Waals surface area contributed by atoms with Gasteiger partial charge in [0.15, 0.2) is 5.82 Å². The fraction of sp³-hybridized carbons (Fsp3) is 0.167. The first-order valence-electron chi connectivity index (χ1n) is 5.56. The molecule has 0 unspecified atom stereocenters. The summed E-state index contributed by atoms with van der Waals surface area (Å²) in [5.74, 6) is 0.507. The molecule has 3 heterocycles. The highest BCUT2D eigenvalue weighted by Crippen LogP contribution is 2.24. The maximum Gasteiger partial charge on any atom is 0.253 e. The van der Waals surface area contributed by atoms with E-state index < -0.39 is 0 Å². The summed E-state index contributed by atoms with van der Waals surface area (Å²) in [6, 6.07) is 3.36. The summed E-state index contributed by atoms with van der Waals surface area (Å²) in [6.45, 7) is 2.04. The lowest BCUT2D eigenvalue weighted by molar-refractivity contribution is 0.697. The quantitative estimate of drug-likeness (QED) is 0.680. The van der Waals surface area contributed by atoms with E-state index in [0.717, 1.165) is 10.2 Å². The molecule has 0 aromatic carbocycles. The monoisotopic (exact) mass is 292 g/mol. The van der Waals surface area contributed by atoms with Crippen molar-refractivity contribution < 1.29 is 0 Å². The Morgan fingerprint density at radius 2 is 2.26 bits per heavy atom. The predicted octanol–water partition coefficient (Wildman–Crippen LogP) is 2.26. The fourth-order valence-electron chi connectivity index (χ4n) is 1.72. The first-order chi connectivity index (χ1) is 9.13. The molecule has 3 aromatic heterocycles. The summed E-state index contributed by atoms with van der Waals surface area (Å²) in [6.07, 6.45) is 1.49. The van der Waals surface area contributed by atoms with E-state index in [1.165, 1.54) is 28.3 Å². The first kappa shape index (κ1) is 12.3. The van der Waals surface area contributed by atoms with E-state index in [1.807, 2.05) is 11.4 Å². The van der Waals surface area contributed by atoms with Gasteiger partial charge in [0.2, 0.25) is 0 Å². The number of aryl methyl sites for hydroxylation is 1. The minimum Gasteiger partial charge on any atom is -0.292 e. The van der Waals surface area contributed by atoms with Crippen LogP contribution in [-0.4, -0.2) is 19.5 Å². The summed E-state index contributed by atoms with van der Waals surface area (Å²) < 4.78 is 1.46. The van der Waals surface area contributed by atoms with Gasteiger partial charge in [-0.25, -0.2) is 15.0 Å².